The second-order valence-electron chi connectivity index (χ2n) is 5.33. The van der Waals surface area contributed by atoms with Crippen molar-refractivity contribution in [1.82, 2.24) is 5.32 Å². The molecule has 0 aliphatic carbocycles. The zero-order valence-electron chi connectivity index (χ0n) is 12.6. The van der Waals surface area contributed by atoms with Crippen molar-refractivity contribution in [3.8, 4) is 11.5 Å². The van der Waals surface area contributed by atoms with Crippen molar-refractivity contribution < 1.29 is 15.0 Å². The number of aromatic hydroxyl groups is 2. The van der Waals surface area contributed by atoms with Crippen molar-refractivity contribution in [1.29, 1.82) is 0 Å². The summed E-state index contributed by atoms with van der Waals surface area (Å²) in [5.74, 6) is -1.08. The first kappa shape index (κ1) is 16.3. The number of rotatable bonds is 2. The Labute approximate surface area is 148 Å². The van der Waals surface area contributed by atoms with Crippen molar-refractivity contribution in [2.75, 3.05) is 4.90 Å². The highest BCUT2D eigenvalue weighted by Crippen LogP contribution is 2.35. The van der Waals surface area contributed by atoms with Crippen LogP contribution in [0.4, 0.5) is 5.69 Å². The van der Waals surface area contributed by atoms with Gasteiger partial charge >= 0.3 is 0 Å². The van der Waals surface area contributed by atoms with Gasteiger partial charge in [0.25, 0.3) is 5.91 Å². The van der Waals surface area contributed by atoms with E-state index in [4.69, 9.17) is 23.8 Å². The molecule has 1 amide bonds. The van der Waals surface area contributed by atoms with Gasteiger partial charge in [-0.15, -0.1) is 0 Å². The lowest BCUT2D eigenvalue weighted by molar-refractivity contribution is -0.113. The molecule has 1 fully saturated rings. The molecule has 0 aromatic heterocycles. The van der Waals surface area contributed by atoms with Gasteiger partial charge in [0, 0.05) is 0 Å². The minimum atomic E-state index is -0.402. The fourth-order valence-electron chi connectivity index (χ4n) is 2.32. The molecule has 1 aliphatic rings. The number of hydrogen-bond acceptors (Lipinski definition) is 4. The third-order valence-corrected chi connectivity index (χ3v) is 4.12. The minimum Gasteiger partial charge on any atom is -0.504 e. The summed E-state index contributed by atoms with van der Waals surface area (Å²) >= 11 is 11.1. The van der Waals surface area contributed by atoms with Crippen LogP contribution in [-0.2, 0) is 4.79 Å². The highest BCUT2D eigenvalue weighted by atomic mass is 35.5. The third-order valence-electron chi connectivity index (χ3n) is 3.55. The Hall–Kier alpha value is -2.57. The van der Waals surface area contributed by atoms with E-state index >= 15 is 0 Å². The summed E-state index contributed by atoms with van der Waals surface area (Å²) in [7, 11) is 0. The normalized spacial score (nSPS) is 15.9. The van der Waals surface area contributed by atoms with Gasteiger partial charge in [0.1, 0.15) is 5.70 Å². The summed E-state index contributed by atoms with van der Waals surface area (Å²) in [6, 6.07) is 10.2. The quantitative estimate of drug-likeness (QED) is 0.435. The van der Waals surface area contributed by atoms with Crippen molar-refractivity contribution in [3.63, 3.8) is 0 Å². The van der Waals surface area contributed by atoms with Gasteiger partial charge in [-0.05, 0) is 55.0 Å². The molecule has 1 heterocycles. The maximum Gasteiger partial charge on any atom is 0.281 e. The standard InChI is InChI=1S/C17H13ClN2O3S/c1-9-2-4-11(5-3-9)20-16(23)13(19-17(20)24)7-10-6-12(18)15(22)14(21)8-10/h2-8,21-22H,1H3,(H,19,24)/b13-7+. The molecule has 2 aromatic rings. The molecule has 0 saturated carbocycles. The summed E-state index contributed by atoms with van der Waals surface area (Å²) in [6.07, 6.45) is 1.51. The van der Waals surface area contributed by atoms with Crippen LogP contribution in [0.25, 0.3) is 6.08 Å². The van der Waals surface area contributed by atoms with Gasteiger partial charge in [-0.2, -0.15) is 0 Å². The van der Waals surface area contributed by atoms with E-state index in [2.05, 4.69) is 5.32 Å². The number of anilines is 1. The van der Waals surface area contributed by atoms with Gasteiger partial charge in [-0.1, -0.05) is 29.3 Å². The molecule has 122 valence electrons. The van der Waals surface area contributed by atoms with E-state index in [9.17, 15) is 15.0 Å². The molecule has 3 N–H and O–H groups in total. The summed E-state index contributed by atoms with van der Waals surface area (Å²) < 4.78 is 0. The zero-order valence-corrected chi connectivity index (χ0v) is 14.1. The lowest BCUT2D eigenvalue weighted by Crippen LogP contribution is -2.30. The number of amides is 1. The molecular weight excluding hydrogens is 348 g/mol. The molecule has 5 nitrogen and oxygen atoms in total. The van der Waals surface area contributed by atoms with Crippen molar-refractivity contribution in [2.24, 2.45) is 0 Å². The van der Waals surface area contributed by atoms with Gasteiger partial charge in [-0.25, -0.2) is 0 Å². The van der Waals surface area contributed by atoms with Crippen LogP contribution in [0.5, 0.6) is 11.5 Å². The molecule has 3 rings (SSSR count). The van der Waals surface area contributed by atoms with E-state index < -0.39 is 5.75 Å². The average Bonchev–Trinajstić information content (AvgIpc) is 2.80. The van der Waals surface area contributed by atoms with Crippen LogP contribution in [0.15, 0.2) is 42.1 Å². The van der Waals surface area contributed by atoms with Gasteiger partial charge in [0.05, 0.1) is 10.7 Å². The Bertz CT molecular complexity index is 855. The van der Waals surface area contributed by atoms with Gasteiger partial charge in [-0.3, -0.25) is 9.69 Å². The molecule has 1 saturated heterocycles. The Morgan fingerprint density at radius 1 is 1.21 bits per heavy atom. The van der Waals surface area contributed by atoms with Crippen LogP contribution in [0.3, 0.4) is 0 Å². The molecule has 1 aliphatic heterocycles. The first-order valence-electron chi connectivity index (χ1n) is 7.02. The van der Waals surface area contributed by atoms with Crippen LogP contribution >= 0.6 is 23.8 Å². The molecule has 7 heteroatoms. The zero-order chi connectivity index (χ0) is 17.4. The van der Waals surface area contributed by atoms with Crippen LogP contribution < -0.4 is 10.2 Å². The summed E-state index contributed by atoms with van der Waals surface area (Å²) in [5, 5.41) is 22.2. The summed E-state index contributed by atoms with van der Waals surface area (Å²) in [6.45, 7) is 1.96. The topological polar surface area (TPSA) is 72.8 Å². The molecule has 2 aromatic carbocycles. The predicted octanol–water partition coefficient (Wildman–Crippen LogP) is 3.32. The first-order valence-corrected chi connectivity index (χ1v) is 7.80. The maximum atomic E-state index is 12.6. The van der Waals surface area contributed by atoms with Crippen molar-refractivity contribution in [3.05, 3.63) is 58.2 Å². The molecule has 0 unspecified atom stereocenters. The molecular formula is C17H13ClN2O3S. The third kappa shape index (κ3) is 2.93. The van der Waals surface area contributed by atoms with Crippen LogP contribution in [0.2, 0.25) is 5.02 Å². The van der Waals surface area contributed by atoms with Crippen molar-refractivity contribution in [2.45, 2.75) is 6.92 Å². The van der Waals surface area contributed by atoms with E-state index in [1.165, 1.54) is 23.1 Å². The van der Waals surface area contributed by atoms with Gasteiger partial charge in [0.15, 0.2) is 16.6 Å². The van der Waals surface area contributed by atoms with Crippen LogP contribution in [-0.4, -0.2) is 21.2 Å². The monoisotopic (exact) mass is 360 g/mol. The number of carbonyl (C=O) groups is 1. The van der Waals surface area contributed by atoms with Gasteiger partial charge in [0.2, 0.25) is 0 Å². The highest BCUT2D eigenvalue weighted by molar-refractivity contribution is 7.80. The molecule has 0 spiro atoms. The van der Waals surface area contributed by atoms with E-state index in [-0.39, 0.29) is 27.5 Å². The number of aryl methyl sites for hydroxylation is 1. The maximum absolute atomic E-state index is 12.6. The number of hydrogen-bond donors (Lipinski definition) is 3. The average molecular weight is 361 g/mol. The molecule has 0 radical (unpaired) electrons. The van der Waals surface area contributed by atoms with Crippen LogP contribution in [0.1, 0.15) is 11.1 Å². The molecule has 0 atom stereocenters. The van der Waals surface area contributed by atoms with E-state index in [1.54, 1.807) is 0 Å². The fraction of sp³-hybridized carbons (Fsp3) is 0.0588. The highest BCUT2D eigenvalue weighted by Gasteiger charge is 2.31. The number of thiocarbonyl (C=S) groups is 1. The number of halogens is 1. The number of nitrogens with zero attached hydrogens (tertiary/aromatic N) is 1. The Morgan fingerprint density at radius 2 is 1.88 bits per heavy atom. The first-order chi connectivity index (χ1) is 11.4. The largest absolute Gasteiger partial charge is 0.504 e. The summed E-state index contributed by atoms with van der Waals surface area (Å²) in [4.78, 5) is 14.0. The number of phenols is 2. The fourth-order valence-corrected chi connectivity index (χ4v) is 2.84. The number of nitrogens with one attached hydrogen (secondary N) is 1. The van der Waals surface area contributed by atoms with Crippen LogP contribution in [0, 0.1) is 6.92 Å². The molecule has 24 heavy (non-hydrogen) atoms. The predicted molar refractivity (Wildman–Crippen MR) is 97.2 cm³/mol. The Kier molecular flexibility index (Phi) is 4.17. The second-order valence-corrected chi connectivity index (χ2v) is 6.13. The second kappa shape index (κ2) is 6.14. The number of carbonyl (C=O) groups excluding carboxylic acids is 1. The Balaban J connectivity index is 1.95. The Morgan fingerprint density at radius 3 is 2.50 bits per heavy atom. The van der Waals surface area contributed by atoms with Crippen molar-refractivity contribution >= 4 is 46.6 Å². The van der Waals surface area contributed by atoms with E-state index in [0.717, 1.165) is 5.56 Å². The smallest absolute Gasteiger partial charge is 0.281 e. The lowest BCUT2D eigenvalue weighted by Gasteiger charge is -2.13. The number of phenolic OH excluding ortho intramolecular Hbond substituents is 2. The minimum absolute atomic E-state index is 0.00902. The van der Waals surface area contributed by atoms with E-state index in [1.807, 2.05) is 31.2 Å². The SMILES string of the molecule is Cc1ccc(N2C(=O)/C(=C\c3cc(O)c(O)c(Cl)c3)NC2=S)cc1. The number of benzene rings is 2. The molecule has 0 bridgehead atoms. The van der Waals surface area contributed by atoms with E-state index in [0.29, 0.717) is 11.3 Å². The van der Waals surface area contributed by atoms with Gasteiger partial charge < -0.3 is 15.5 Å². The summed E-state index contributed by atoms with van der Waals surface area (Å²) in [5.41, 5.74) is 2.45. The lowest BCUT2D eigenvalue weighted by atomic mass is 10.1.